The first kappa shape index (κ1) is 24.5. The molecule has 1 aromatic heterocycles. The fourth-order valence-corrected chi connectivity index (χ4v) is 5.82. The van der Waals surface area contributed by atoms with Crippen molar-refractivity contribution in [1.82, 2.24) is 14.9 Å². The van der Waals surface area contributed by atoms with Crippen LogP contribution in [0.3, 0.4) is 0 Å². The molecule has 196 valence electrons. The number of likely N-dealkylation sites (N-methyl/N-ethyl adjacent to an activating group) is 2. The zero-order valence-corrected chi connectivity index (χ0v) is 23.1. The molecule has 0 spiro atoms. The van der Waals surface area contributed by atoms with Crippen molar-refractivity contribution in [3.05, 3.63) is 53.9 Å². The first-order valence-electron chi connectivity index (χ1n) is 14.2. The van der Waals surface area contributed by atoms with Gasteiger partial charge in [0.15, 0.2) is 0 Å². The number of benzene rings is 2. The third-order valence-electron chi connectivity index (χ3n) is 8.89. The van der Waals surface area contributed by atoms with E-state index in [1.165, 1.54) is 62.0 Å². The van der Waals surface area contributed by atoms with E-state index >= 15 is 0 Å². The van der Waals surface area contributed by atoms with Gasteiger partial charge in [-0.2, -0.15) is 0 Å². The minimum atomic E-state index is 0.151. The molecule has 0 radical (unpaired) electrons. The summed E-state index contributed by atoms with van der Waals surface area (Å²) >= 11 is 0. The fraction of sp³-hybridized carbons (Fsp3) is 0.548. The van der Waals surface area contributed by atoms with Gasteiger partial charge >= 0.3 is 0 Å². The summed E-state index contributed by atoms with van der Waals surface area (Å²) in [5.41, 5.74) is 5.49. The Labute approximate surface area is 222 Å². The Kier molecular flexibility index (Phi) is 6.47. The SMILES string of the molecule is CN(C)CCN(C)c1ccc2nc(C3(C)CC3)nc(N3CCC(c4ccccc4N4CCC4)CC3)c2c1. The van der Waals surface area contributed by atoms with Crippen LogP contribution in [0.25, 0.3) is 10.9 Å². The van der Waals surface area contributed by atoms with Crippen molar-refractivity contribution in [3.8, 4) is 0 Å². The molecule has 6 heteroatoms. The van der Waals surface area contributed by atoms with Crippen LogP contribution in [0, 0.1) is 0 Å². The Bertz CT molecular complexity index is 1250. The molecule has 3 fully saturated rings. The predicted molar refractivity (Wildman–Crippen MR) is 155 cm³/mol. The van der Waals surface area contributed by atoms with E-state index in [0.29, 0.717) is 5.92 Å². The predicted octanol–water partition coefficient (Wildman–Crippen LogP) is 5.27. The van der Waals surface area contributed by atoms with E-state index in [-0.39, 0.29) is 5.41 Å². The molecule has 1 saturated carbocycles. The lowest BCUT2D eigenvalue weighted by Crippen LogP contribution is -2.39. The Morgan fingerprint density at radius 1 is 0.892 bits per heavy atom. The summed E-state index contributed by atoms with van der Waals surface area (Å²) in [4.78, 5) is 20.0. The van der Waals surface area contributed by atoms with Gasteiger partial charge in [-0.1, -0.05) is 25.1 Å². The third kappa shape index (κ3) is 4.88. The Balaban J connectivity index is 1.28. The van der Waals surface area contributed by atoms with Crippen molar-refractivity contribution in [1.29, 1.82) is 0 Å². The van der Waals surface area contributed by atoms with Gasteiger partial charge in [-0.3, -0.25) is 0 Å². The second-order valence-corrected chi connectivity index (χ2v) is 12.0. The molecule has 0 amide bonds. The molecule has 0 unspecified atom stereocenters. The number of para-hydroxylation sites is 1. The van der Waals surface area contributed by atoms with Gasteiger partial charge in [0.1, 0.15) is 11.6 Å². The smallest absolute Gasteiger partial charge is 0.140 e. The number of nitrogens with zero attached hydrogens (tertiary/aromatic N) is 6. The summed E-state index contributed by atoms with van der Waals surface area (Å²) in [6.45, 7) is 8.84. The van der Waals surface area contributed by atoms with Crippen LogP contribution in [0.2, 0.25) is 0 Å². The van der Waals surface area contributed by atoms with Crippen molar-refractivity contribution < 1.29 is 0 Å². The molecule has 3 aliphatic rings. The summed E-state index contributed by atoms with van der Waals surface area (Å²) in [7, 11) is 6.45. The molecule has 6 nitrogen and oxygen atoms in total. The lowest BCUT2D eigenvalue weighted by atomic mass is 9.87. The van der Waals surface area contributed by atoms with Crippen LogP contribution in [0.4, 0.5) is 17.2 Å². The molecule has 1 aliphatic carbocycles. The molecule has 3 heterocycles. The van der Waals surface area contributed by atoms with Crippen LogP contribution in [0.5, 0.6) is 0 Å². The molecule has 0 atom stereocenters. The molecule has 2 aromatic carbocycles. The van der Waals surface area contributed by atoms with Crippen molar-refractivity contribution >= 4 is 28.1 Å². The summed E-state index contributed by atoms with van der Waals surface area (Å²) in [5, 5.41) is 1.20. The Morgan fingerprint density at radius 3 is 2.32 bits per heavy atom. The van der Waals surface area contributed by atoms with Crippen LogP contribution in [-0.2, 0) is 5.41 Å². The highest BCUT2D eigenvalue weighted by molar-refractivity contribution is 5.92. The van der Waals surface area contributed by atoms with Crippen LogP contribution >= 0.6 is 0 Å². The molecule has 6 rings (SSSR count). The highest BCUT2D eigenvalue weighted by atomic mass is 15.2. The van der Waals surface area contributed by atoms with Crippen LogP contribution in [0.15, 0.2) is 42.5 Å². The minimum absolute atomic E-state index is 0.151. The van der Waals surface area contributed by atoms with Gasteiger partial charge in [0.05, 0.1) is 5.52 Å². The van der Waals surface area contributed by atoms with E-state index in [1.54, 1.807) is 5.56 Å². The van der Waals surface area contributed by atoms with Crippen LogP contribution in [-0.4, -0.2) is 75.3 Å². The molecule has 0 bridgehead atoms. The van der Waals surface area contributed by atoms with E-state index in [2.05, 4.69) is 90.1 Å². The lowest BCUT2D eigenvalue weighted by molar-refractivity contribution is 0.416. The number of anilines is 3. The van der Waals surface area contributed by atoms with Gasteiger partial charge in [-0.05, 0) is 81.9 Å². The largest absolute Gasteiger partial charge is 0.373 e. The summed E-state index contributed by atoms with van der Waals surface area (Å²) in [5.74, 6) is 2.80. The summed E-state index contributed by atoms with van der Waals surface area (Å²) < 4.78 is 0. The van der Waals surface area contributed by atoms with Gasteiger partial charge in [0.2, 0.25) is 0 Å². The number of hydrogen-bond donors (Lipinski definition) is 0. The topological polar surface area (TPSA) is 38.7 Å². The number of fused-ring (bicyclic) bond motifs is 1. The number of aromatic nitrogens is 2. The Morgan fingerprint density at radius 2 is 1.65 bits per heavy atom. The van der Waals surface area contributed by atoms with E-state index in [0.717, 1.165) is 43.3 Å². The van der Waals surface area contributed by atoms with Crippen LogP contribution < -0.4 is 14.7 Å². The van der Waals surface area contributed by atoms with E-state index in [9.17, 15) is 0 Å². The quantitative estimate of drug-likeness (QED) is 0.421. The molecule has 3 aromatic rings. The fourth-order valence-electron chi connectivity index (χ4n) is 5.82. The zero-order valence-electron chi connectivity index (χ0n) is 23.1. The molecule has 0 N–H and O–H groups in total. The average molecular weight is 499 g/mol. The maximum Gasteiger partial charge on any atom is 0.140 e. The van der Waals surface area contributed by atoms with E-state index in [1.807, 2.05) is 0 Å². The first-order valence-corrected chi connectivity index (χ1v) is 14.2. The second kappa shape index (κ2) is 9.79. The van der Waals surface area contributed by atoms with Crippen molar-refractivity contribution in [2.24, 2.45) is 0 Å². The van der Waals surface area contributed by atoms with Crippen molar-refractivity contribution in [2.75, 3.05) is 75.1 Å². The third-order valence-corrected chi connectivity index (χ3v) is 8.89. The minimum Gasteiger partial charge on any atom is -0.373 e. The lowest BCUT2D eigenvalue weighted by Gasteiger charge is -2.39. The van der Waals surface area contributed by atoms with Gasteiger partial charge in [-0.15, -0.1) is 0 Å². The monoisotopic (exact) mass is 498 g/mol. The number of hydrogen-bond acceptors (Lipinski definition) is 6. The van der Waals surface area contributed by atoms with E-state index in [4.69, 9.17) is 9.97 Å². The Hall–Kier alpha value is -2.86. The molecule has 2 saturated heterocycles. The molecular weight excluding hydrogens is 456 g/mol. The zero-order chi connectivity index (χ0) is 25.6. The maximum absolute atomic E-state index is 5.28. The van der Waals surface area contributed by atoms with Crippen LogP contribution in [0.1, 0.15) is 56.3 Å². The van der Waals surface area contributed by atoms with Crippen molar-refractivity contribution in [2.45, 2.75) is 50.4 Å². The summed E-state index contributed by atoms with van der Waals surface area (Å²) in [6, 6.07) is 15.9. The molecule has 37 heavy (non-hydrogen) atoms. The second-order valence-electron chi connectivity index (χ2n) is 12.0. The highest BCUT2D eigenvalue weighted by Gasteiger charge is 2.43. The molecule has 2 aliphatic heterocycles. The van der Waals surface area contributed by atoms with Gasteiger partial charge in [-0.25, -0.2) is 9.97 Å². The molecular formula is C31H42N6. The standard InChI is InChI=1S/C31H42N6/c1-31(14-15-31)30-32-27-11-10-24(35(4)21-20-34(2)3)22-26(27)29(33-30)37-18-12-23(13-19-37)25-8-5-6-9-28(25)36-16-7-17-36/h5-6,8-11,22-23H,7,12-21H2,1-4H3. The van der Waals surface area contributed by atoms with Gasteiger partial charge in [0, 0.05) is 68.5 Å². The highest BCUT2D eigenvalue weighted by Crippen LogP contribution is 2.47. The normalized spacial score (nSPS) is 19.4. The van der Waals surface area contributed by atoms with E-state index < -0.39 is 0 Å². The van der Waals surface area contributed by atoms with Crippen molar-refractivity contribution in [3.63, 3.8) is 0 Å². The maximum atomic E-state index is 5.28. The summed E-state index contributed by atoms with van der Waals surface area (Å²) in [6.07, 6.45) is 6.05. The van der Waals surface area contributed by atoms with Gasteiger partial charge in [0.25, 0.3) is 0 Å². The number of piperidine rings is 1. The van der Waals surface area contributed by atoms with Gasteiger partial charge < -0.3 is 19.6 Å². The first-order chi connectivity index (χ1) is 17.9. The number of rotatable bonds is 8. The average Bonchev–Trinajstić information content (AvgIpc) is 3.64.